The Balaban J connectivity index is 2.57. The summed E-state index contributed by atoms with van der Waals surface area (Å²) in [6.07, 6.45) is 0.879. The van der Waals surface area contributed by atoms with Crippen LogP contribution >= 0.6 is 11.3 Å². The number of hydrogen-bond donors (Lipinski definition) is 1. The molecule has 0 radical (unpaired) electrons. The molecule has 1 N–H and O–H groups in total. The van der Waals surface area contributed by atoms with Crippen molar-refractivity contribution in [1.29, 1.82) is 0 Å². The van der Waals surface area contributed by atoms with Crippen molar-refractivity contribution in [1.82, 2.24) is 10.3 Å². The lowest BCUT2D eigenvalue weighted by Crippen LogP contribution is -2.35. The van der Waals surface area contributed by atoms with Gasteiger partial charge in [0.05, 0.1) is 30.5 Å². The normalized spacial score (nSPS) is 12.3. The molecule has 0 aliphatic rings. The molecule has 0 aliphatic heterocycles. The Labute approximate surface area is 133 Å². The van der Waals surface area contributed by atoms with Crippen molar-refractivity contribution in [3.63, 3.8) is 0 Å². The van der Waals surface area contributed by atoms with E-state index < -0.39 is 0 Å². The van der Waals surface area contributed by atoms with Gasteiger partial charge in [0.1, 0.15) is 0 Å². The predicted molar refractivity (Wildman–Crippen MR) is 89.2 cm³/mol. The van der Waals surface area contributed by atoms with Crippen LogP contribution in [0.15, 0.2) is 0 Å². The second-order valence-corrected chi connectivity index (χ2v) is 7.70. The minimum atomic E-state index is 0.127. The van der Waals surface area contributed by atoms with E-state index in [4.69, 9.17) is 14.5 Å². The van der Waals surface area contributed by atoms with E-state index in [1.165, 1.54) is 15.6 Å². The Morgan fingerprint density at radius 2 is 1.90 bits per heavy atom. The second kappa shape index (κ2) is 8.83. The lowest BCUT2D eigenvalue weighted by atomic mass is 10.1. The minimum absolute atomic E-state index is 0.127. The highest BCUT2D eigenvalue weighted by Crippen LogP contribution is 2.26. The van der Waals surface area contributed by atoms with Crippen LogP contribution in [0, 0.1) is 0 Å². The van der Waals surface area contributed by atoms with Gasteiger partial charge in [0.2, 0.25) is 0 Å². The Hall–Kier alpha value is -0.490. The van der Waals surface area contributed by atoms with Crippen LogP contribution in [0.5, 0.6) is 0 Å². The molecule has 0 aliphatic carbocycles. The van der Waals surface area contributed by atoms with Crippen LogP contribution < -0.4 is 5.32 Å². The van der Waals surface area contributed by atoms with Crippen molar-refractivity contribution in [3.05, 3.63) is 15.6 Å². The van der Waals surface area contributed by atoms with E-state index in [1.54, 1.807) is 7.11 Å². The summed E-state index contributed by atoms with van der Waals surface area (Å²) in [4.78, 5) is 6.15. The maximum Gasteiger partial charge on any atom is 0.0954 e. The molecule has 0 fully saturated rings. The minimum Gasteiger partial charge on any atom is -0.382 e. The summed E-state index contributed by atoms with van der Waals surface area (Å²) in [5, 5.41) is 4.72. The molecule has 1 aromatic heterocycles. The lowest BCUT2D eigenvalue weighted by molar-refractivity contribution is 0.0722. The average Bonchev–Trinajstić information content (AvgIpc) is 2.79. The summed E-state index contributed by atoms with van der Waals surface area (Å²) in [6, 6.07) is 0. The summed E-state index contributed by atoms with van der Waals surface area (Å²) in [7, 11) is 1.69. The van der Waals surface area contributed by atoms with Crippen LogP contribution in [0.2, 0.25) is 0 Å². The fourth-order valence-electron chi connectivity index (χ4n) is 1.85. The van der Waals surface area contributed by atoms with Crippen LogP contribution in [0.1, 0.15) is 56.1 Å². The smallest absolute Gasteiger partial charge is 0.0954 e. The highest BCUT2D eigenvalue weighted by molar-refractivity contribution is 7.11. The molecule has 122 valence electrons. The first kappa shape index (κ1) is 18.6. The Bertz CT molecular complexity index is 411. The quantitative estimate of drug-likeness (QED) is 0.710. The van der Waals surface area contributed by atoms with Gasteiger partial charge in [0.25, 0.3) is 0 Å². The maximum atomic E-state index is 5.53. The molecule has 0 bridgehead atoms. The van der Waals surface area contributed by atoms with Crippen molar-refractivity contribution in [2.45, 2.75) is 59.0 Å². The molecule has 0 atom stereocenters. The van der Waals surface area contributed by atoms with Gasteiger partial charge in [0.15, 0.2) is 0 Å². The van der Waals surface area contributed by atoms with E-state index in [1.807, 2.05) is 11.3 Å². The molecule has 1 rings (SSSR count). The molecule has 4 nitrogen and oxygen atoms in total. The topological polar surface area (TPSA) is 43.4 Å². The Kier molecular flexibility index (Phi) is 7.81. The molecular weight excluding hydrogens is 284 g/mol. The maximum absolute atomic E-state index is 5.53. The predicted octanol–water partition coefficient (Wildman–Crippen LogP) is 3.36. The summed E-state index contributed by atoms with van der Waals surface area (Å²) in [5.74, 6) is 0.459. The number of thiazole rings is 1. The monoisotopic (exact) mass is 314 g/mol. The molecule has 0 spiro atoms. The van der Waals surface area contributed by atoms with Crippen molar-refractivity contribution in [3.8, 4) is 0 Å². The fourth-order valence-corrected chi connectivity index (χ4v) is 2.99. The third kappa shape index (κ3) is 7.36. The zero-order valence-electron chi connectivity index (χ0n) is 14.3. The number of methoxy groups -OCH3 is 1. The molecule has 0 saturated carbocycles. The number of nitrogens with zero attached hydrogens (tertiary/aromatic N) is 1. The van der Waals surface area contributed by atoms with Gasteiger partial charge in [-0.3, -0.25) is 0 Å². The van der Waals surface area contributed by atoms with Crippen LogP contribution in [0.4, 0.5) is 0 Å². The van der Waals surface area contributed by atoms with Gasteiger partial charge in [-0.25, -0.2) is 4.98 Å². The molecule has 0 saturated heterocycles. The van der Waals surface area contributed by atoms with E-state index in [2.05, 4.69) is 39.9 Å². The number of nitrogens with one attached hydrogen (secondary N) is 1. The molecule has 21 heavy (non-hydrogen) atoms. The second-order valence-electron chi connectivity index (χ2n) is 6.53. The van der Waals surface area contributed by atoms with E-state index in [0.29, 0.717) is 25.7 Å². The number of rotatable bonds is 9. The molecule has 5 heteroatoms. The van der Waals surface area contributed by atoms with Gasteiger partial charge < -0.3 is 14.8 Å². The highest BCUT2D eigenvalue weighted by Gasteiger charge is 2.16. The largest absolute Gasteiger partial charge is 0.382 e. The van der Waals surface area contributed by atoms with Gasteiger partial charge in [0, 0.05) is 30.5 Å². The molecule has 1 aromatic rings. The van der Waals surface area contributed by atoms with E-state index in [0.717, 1.165) is 13.0 Å². The first-order valence-electron chi connectivity index (χ1n) is 7.63. The molecule has 0 amide bonds. The molecule has 0 unspecified atom stereocenters. The van der Waals surface area contributed by atoms with Crippen molar-refractivity contribution in [2.75, 3.05) is 26.9 Å². The number of aromatic nitrogens is 1. The highest BCUT2D eigenvalue weighted by atomic mass is 32.1. The Morgan fingerprint density at radius 1 is 1.19 bits per heavy atom. The summed E-state index contributed by atoms with van der Waals surface area (Å²) >= 11 is 1.81. The summed E-state index contributed by atoms with van der Waals surface area (Å²) < 4.78 is 10.5. The van der Waals surface area contributed by atoms with Gasteiger partial charge in [-0.15, -0.1) is 11.3 Å². The number of hydrogen-bond acceptors (Lipinski definition) is 5. The standard InChI is InChI=1S/C16H30N2O2S/c1-12(2)15-13(11-17-16(3,4)5)21-14(18-15)7-8-20-10-9-19-6/h12,17H,7-11H2,1-6H3. The molecule has 0 aromatic carbocycles. The van der Waals surface area contributed by atoms with Gasteiger partial charge in [-0.2, -0.15) is 0 Å². The van der Waals surface area contributed by atoms with Crippen molar-refractivity contribution >= 4 is 11.3 Å². The van der Waals surface area contributed by atoms with Crippen LogP contribution in [0.25, 0.3) is 0 Å². The fraction of sp³-hybridized carbons (Fsp3) is 0.812. The molecular formula is C16H30N2O2S. The van der Waals surface area contributed by atoms with Crippen LogP contribution in [0.3, 0.4) is 0 Å². The first-order valence-corrected chi connectivity index (χ1v) is 8.45. The van der Waals surface area contributed by atoms with Gasteiger partial charge in [-0.1, -0.05) is 13.8 Å². The zero-order chi connectivity index (χ0) is 15.9. The summed E-state index contributed by atoms with van der Waals surface area (Å²) in [6.45, 7) is 13.9. The van der Waals surface area contributed by atoms with E-state index >= 15 is 0 Å². The first-order chi connectivity index (χ1) is 9.83. The Morgan fingerprint density at radius 3 is 2.48 bits per heavy atom. The van der Waals surface area contributed by atoms with E-state index in [9.17, 15) is 0 Å². The van der Waals surface area contributed by atoms with E-state index in [-0.39, 0.29) is 5.54 Å². The summed E-state index contributed by atoms with van der Waals surface area (Å²) in [5.41, 5.74) is 1.35. The van der Waals surface area contributed by atoms with Crippen LogP contribution in [-0.2, 0) is 22.4 Å². The molecule has 1 heterocycles. The van der Waals surface area contributed by atoms with Crippen LogP contribution in [-0.4, -0.2) is 37.5 Å². The third-order valence-electron chi connectivity index (χ3n) is 2.99. The SMILES string of the molecule is COCCOCCc1nc(C(C)C)c(CNC(C)(C)C)s1. The van der Waals surface area contributed by atoms with Crippen molar-refractivity contribution in [2.24, 2.45) is 0 Å². The van der Waals surface area contributed by atoms with Crippen molar-refractivity contribution < 1.29 is 9.47 Å². The van der Waals surface area contributed by atoms with Gasteiger partial charge in [-0.05, 0) is 26.7 Å². The average molecular weight is 314 g/mol. The third-order valence-corrected chi connectivity index (χ3v) is 4.12. The lowest BCUT2D eigenvalue weighted by Gasteiger charge is -2.20. The van der Waals surface area contributed by atoms with Gasteiger partial charge >= 0.3 is 0 Å². The zero-order valence-corrected chi connectivity index (χ0v) is 15.1. The number of ether oxygens (including phenoxy) is 2.